The first kappa shape index (κ1) is 20.4. The molecule has 3 rings (SSSR count). The molecule has 154 valence electrons. The van der Waals surface area contributed by atoms with Crippen molar-refractivity contribution in [3.63, 3.8) is 0 Å². The van der Waals surface area contributed by atoms with Crippen molar-refractivity contribution in [1.82, 2.24) is 20.4 Å². The normalized spacial score (nSPS) is 25.1. The zero-order valence-electron chi connectivity index (χ0n) is 16.9. The van der Waals surface area contributed by atoms with Gasteiger partial charge in [-0.05, 0) is 32.6 Å². The molecule has 1 amide bonds. The average molecular weight is 380 g/mol. The topological polar surface area (TPSA) is 69.2 Å². The predicted molar refractivity (Wildman–Crippen MR) is 108 cm³/mol. The lowest BCUT2D eigenvalue weighted by atomic mass is 10.1. The molecule has 0 bridgehead atoms. The van der Waals surface area contributed by atoms with E-state index in [-0.39, 0.29) is 5.92 Å². The number of morpholine rings is 1. The molecule has 2 N–H and O–H groups in total. The lowest BCUT2D eigenvalue weighted by Crippen LogP contribution is -2.45. The molecule has 0 spiro atoms. The van der Waals surface area contributed by atoms with Crippen LogP contribution in [0.3, 0.4) is 0 Å². The second kappa shape index (κ2) is 10.9. The van der Waals surface area contributed by atoms with E-state index in [0.29, 0.717) is 11.9 Å². The van der Waals surface area contributed by atoms with Crippen LogP contribution in [0.1, 0.15) is 45.4 Å². The van der Waals surface area contributed by atoms with Crippen molar-refractivity contribution in [2.75, 3.05) is 59.0 Å². The number of ether oxygens (including phenoxy) is 1. The van der Waals surface area contributed by atoms with Crippen molar-refractivity contribution in [2.45, 2.75) is 51.5 Å². The molecule has 7 heteroatoms. The van der Waals surface area contributed by atoms with Crippen molar-refractivity contribution in [3.05, 3.63) is 0 Å². The zero-order valence-corrected chi connectivity index (χ0v) is 16.9. The van der Waals surface area contributed by atoms with E-state index in [4.69, 9.17) is 9.73 Å². The van der Waals surface area contributed by atoms with Crippen LogP contribution in [-0.4, -0.2) is 86.7 Å². The molecule has 2 saturated heterocycles. The second-order valence-corrected chi connectivity index (χ2v) is 7.96. The maximum absolute atomic E-state index is 12.6. The molecule has 1 unspecified atom stereocenters. The van der Waals surface area contributed by atoms with Gasteiger partial charge in [0, 0.05) is 57.8 Å². The summed E-state index contributed by atoms with van der Waals surface area (Å²) < 4.78 is 5.39. The number of hydrogen-bond acceptors (Lipinski definition) is 4. The number of carbonyl (C=O) groups is 1. The van der Waals surface area contributed by atoms with Crippen LogP contribution in [0.2, 0.25) is 0 Å². The molecule has 1 saturated carbocycles. The van der Waals surface area contributed by atoms with Gasteiger partial charge in [-0.3, -0.25) is 14.7 Å². The van der Waals surface area contributed by atoms with Crippen molar-refractivity contribution in [1.29, 1.82) is 0 Å². The Hall–Kier alpha value is -1.34. The van der Waals surface area contributed by atoms with Crippen LogP contribution in [0.15, 0.2) is 4.99 Å². The molecular formula is C20H37N5O2. The third kappa shape index (κ3) is 6.35. The van der Waals surface area contributed by atoms with Crippen molar-refractivity contribution >= 4 is 11.9 Å². The van der Waals surface area contributed by atoms with Gasteiger partial charge >= 0.3 is 0 Å². The Morgan fingerprint density at radius 3 is 2.67 bits per heavy atom. The molecule has 2 aliphatic heterocycles. The van der Waals surface area contributed by atoms with E-state index < -0.39 is 0 Å². The second-order valence-electron chi connectivity index (χ2n) is 7.96. The minimum Gasteiger partial charge on any atom is -0.379 e. The van der Waals surface area contributed by atoms with Crippen molar-refractivity contribution in [3.8, 4) is 0 Å². The molecule has 0 aromatic rings. The van der Waals surface area contributed by atoms with Crippen LogP contribution < -0.4 is 10.6 Å². The first-order chi connectivity index (χ1) is 13.3. The summed E-state index contributed by atoms with van der Waals surface area (Å²) in [4.78, 5) is 21.9. The molecular weight excluding hydrogens is 342 g/mol. The highest BCUT2D eigenvalue weighted by molar-refractivity contribution is 5.81. The average Bonchev–Trinajstić information content (AvgIpc) is 3.38. The first-order valence-electron chi connectivity index (χ1n) is 10.9. The van der Waals surface area contributed by atoms with Crippen LogP contribution in [-0.2, 0) is 9.53 Å². The fourth-order valence-electron chi connectivity index (χ4n) is 4.33. The van der Waals surface area contributed by atoms with Gasteiger partial charge in [-0.1, -0.05) is 12.8 Å². The maximum atomic E-state index is 12.6. The summed E-state index contributed by atoms with van der Waals surface area (Å²) in [5.74, 6) is 1.55. The van der Waals surface area contributed by atoms with Gasteiger partial charge in [0.25, 0.3) is 0 Å². The molecule has 0 radical (unpaired) electrons. The summed E-state index contributed by atoms with van der Waals surface area (Å²) >= 11 is 0. The Bertz CT molecular complexity index is 487. The number of carbonyl (C=O) groups excluding carboxylic acids is 1. The molecule has 2 heterocycles. The molecule has 0 aromatic carbocycles. The number of nitrogens with one attached hydrogen (secondary N) is 2. The highest BCUT2D eigenvalue weighted by atomic mass is 16.5. The maximum Gasteiger partial charge on any atom is 0.225 e. The Balaban J connectivity index is 1.39. The number of guanidine groups is 1. The minimum atomic E-state index is 0.283. The van der Waals surface area contributed by atoms with Gasteiger partial charge in [-0.2, -0.15) is 0 Å². The van der Waals surface area contributed by atoms with Crippen LogP contribution >= 0.6 is 0 Å². The SMILES string of the molecule is CCNC(=NCCCN1CCOCC1)NC1CCN(C(=O)C2CCCC2)C1. The minimum absolute atomic E-state index is 0.283. The smallest absolute Gasteiger partial charge is 0.225 e. The summed E-state index contributed by atoms with van der Waals surface area (Å²) in [7, 11) is 0. The van der Waals surface area contributed by atoms with Gasteiger partial charge in [0.15, 0.2) is 5.96 Å². The fourth-order valence-corrected chi connectivity index (χ4v) is 4.33. The molecule has 1 atom stereocenters. The van der Waals surface area contributed by atoms with E-state index in [2.05, 4.69) is 27.4 Å². The molecule has 1 aliphatic carbocycles. The summed E-state index contributed by atoms with van der Waals surface area (Å²) in [6.45, 7) is 10.3. The van der Waals surface area contributed by atoms with Crippen LogP contribution in [0.25, 0.3) is 0 Å². The monoisotopic (exact) mass is 379 g/mol. The Morgan fingerprint density at radius 1 is 1.15 bits per heavy atom. The Morgan fingerprint density at radius 2 is 1.93 bits per heavy atom. The fraction of sp³-hybridized carbons (Fsp3) is 0.900. The summed E-state index contributed by atoms with van der Waals surface area (Å²) in [6.07, 6.45) is 6.67. The van der Waals surface area contributed by atoms with E-state index in [1.54, 1.807) is 0 Å². The third-order valence-corrected chi connectivity index (χ3v) is 5.90. The van der Waals surface area contributed by atoms with Gasteiger partial charge < -0.3 is 20.3 Å². The molecule has 0 aromatic heterocycles. The van der Waals surface area contributed by atoms with Gasteiger partial charge in [0.05, 0.1) is 13.2 Å². The molecule has 7 nitrogen and oxygen atoms in total. The number of likely N-dealkylation sites (tertiary alicyclic amines) is 1. The molecule has 3 aliphatic rings. The largest absolute Gasteiger partial charge is 0.379 e. The highest BCUT2D eigenvalue weighted by Crippen LogP contribution is 2.27. The predicted octanol–water partition coefficient (Wildman–Crippen LogP) is 1.05. The number of hydrogen-bond donors (Lipinski definition) is 2. The lowest BCUT2D eigenvalue weighted by Gasteiger charge is -2.26. The number of aliphatic imine (C=N–C) groups is 1. The zero-order chi connectivity index (χ0) is 18.9. The first-order valence-corrected chi connectivity index (χ1v) is 10.9. The van der Waals surface area contributed by atoms with Crippen LogP contribution in [0.4, 0.5) is 0 Å². The number of nitrogens with zero attached hydrogens (tertiary/aromatic N) is 3. The highest BCUT2D eigenvalue weighted by Gasteiger charge is 2.32. The standard InChI is InChI=1S/C20H37N5O2/c1-2-21-20(22-9-5-10-24-12-14-27-15-13-24)23-18-8-11-25(16-18)19(26)17-6-3-4-7-17/h17-18H,2-16H2,1H3,(H2,21,22,23). The van der Waals surface area contributed by atoms with Crippen molar-refractivity contribution in [2.24, 2.45) is 10.9 Å². The summed E-state index contributed by atoms with van der Waals surface area (Å²) in [6, 6.07) is 0.312. The van der Waals surface area contributed by atoms with Crippen LogP contribution in [0, 0.1) is 5.92 Å². The Labute approximate surface area is 163 Å². The van der Waals surface area contributed by atoms with Crippen molar-refractivity contribution < 1.29 is 9.53 Å². The van der Waals surface area contributed by atoms with Gasteiger partial charge in [0.2, 0.25) is 5.91 Å². The molecule has 3 fully saturated rings. The van der Waals surface area contributed by atoms with Gasteiger partial charge in [-0.25, -0.2) is 0 Å². The quantitative estimate of drug-likeness (QED) is 0.393. The Kier molecular flexibility index (Phi) is 8.20. The van der Waals surface area contributed by atoms with E-state index in [1.165, 1.54) is 12.8 Å². The summed E-state index contributed by atoms with van der Waals surface area (Å²) in [5.41, 5.74) is 0. The van der Waals surface area contributed by atoms with E-state index in [0.717, 1.165) is 90.7 Å². The lowest BCUT2D eigenvalue weighted by molar-refractivity contribution is -0.134. The number of rotatable bonds is 7. The van der Waals surface area contributed by atoms with E-state index in [9.17, 15) is 4.79 Å². The van der Waals surface area contributed by atoms with E-state index >= 15 is 0 Å². The van der Waals surface area contributed by atoms with Gasteiger partial charge in [0.1, 0.15) is 0 Å². The van der Waals surface area contributed by atoms with Crippen LogP contribution in [0.5, 0.6) is 0 Å². The van der Waals surface area contributed by atoms with Gasteiger partial charge in [-0.15, -0.1) is 0 Å². The third-order valence-electron chi connectivity index (χ3n) is 5.90. The number of amides is 1. The summed E-state index contributed by atoms with van der Waals surface area (Å²) in [5, 5.41) is 6.89. The molecule has 27 heavy (non-hydrogen) atoms. The van der Waals surface area contributed by atoms with E-state index in [1.807, 2.05) is 0 Å².